The molecule has 0 spiro atoms. The zero-order valence-electron chi connectivity index (χ0n) is 72.6. The van der Waals surface area contributed by atoms with Crippen molar-refractivity contribution in [2.45, 2.75) is 350 Å². The summed E-state index contributed by atoms with van der Waals surface area (Å²) in [6.45, 7) is 81.4. The first-order valence-electron chi connectivity index (χ1n) is 37.2. The number of ether oxygens (including phenoxy) is 2. The van der Waals surface area contributed by atoms with Crippen LogP contribution in [0.15, 0.2) is 135 Å². The third-order valence-electron chi connectivity index (χ3n) is 15.6. The van der Waals surface area contributed by atoms with Crippen LogP contribution in [-0.4, -0.2) is 41.7 Å². The topological polar surface area (TPSA) is 109 Å². The number of nitrogens with zero attached hydrogens (tertiary/aromatic N) is 7. The van der Waals surface area contributed by atoms with Crippen molar-refractivity contribution in [2.75, 3.05) is 6.79 Å². The number of thiazole rings is 6. The number of aromatic nitrogens is 7. The second-order valence-electron chi connectivity index (χ2n) is 38.1. The van der Waals surface area contributed by atoms with Gasteiger partial charge < -0.3 is 9.47 Å². The molecule has 16 heteroatoms. The molecule has 8 aromatic heterocycles. The van der Waals surface area contributed by atoms with Gasteiger partial charge in [0.25, 0.3) is 0 Å². The monoisotopic (exact) mass is 1620 g/mol. The highest BCUT2D eigenvalue weighted by Crippen LogP contribution is 2.37. The van der Waals surface area contributed by atoms with Gasteiger partial charge in [-0.1, -0.05) is 320 Å². The van der Waals surface area contributed by atoms with Gasteiger partial charge in [-0.25, -0.2) is 29.9 Å². The standard InChI is InChI=1S/C11H19NS.C11H14O2.C10H17NS.C10H14.C9H15NS.C9H13N.C8H13NS.C8H12S.2C7H11NS.3CH4/c1-10(2,3)8-7-13-9(12-8)11(4,5)6;1-11(2,3)8-4-5-9-10(6-8)13-7-12-9;1-7(2)8-6-12-9(11-8)10(3,4)5;1-10(2,3)9-7-5-4-6-8-9;1-5-8-10-7(6-11-8)9(2,3)4;1-9(2,3)8-5-4-6-10-7-8;1-6-9-7(5-10-6)8(2,3)4;1-8(2,3)7-5-4-6-9-7;1-7(2,3)6-4-9-5-8-6;1-7(2,3)6-8-4-5-9-6;;;/h7H,1-6H3;4-6H,7H2,1-3H3;6-7H,1-5H3;4-8H,1-3H3;6H,5H2,1-4H3;4-7H,1-3H3;5H,1-4H3;4-6H,1-3H3;2*4-5H,1-3H3;3*1H4. The molecule has 0 aliphatic carbocycles. The molecule has 0 radical (unpaired) electrons. The lowest BCUT2D eigenvalue weighted by molar-refractivity contribution is 0.174. The number of aryl methyl sites for hydroxylation is 2. The maximum absolute atomic E-state index is 5.31. The first-order chi connectivity index (χ1) is 48.3. The van der Waals surface area contributed by atoms with E-state index in [0.29, 0.717) is 23.5 Å². The predicted molar refractivity (Wildman–Crippen MR) is 494 cm³/mol. The molecule has 0 fully saturated rings. The number of hydrogen-bond acceptors (Lipinski definition) is 16. The maximum atomic E-state index is 5.31. The Balaban J connectivity index is 0. The van der Waals surface area contributed by atoms with E-state index in [9.17, 15) is 0 Å². The van der Waals surface area contributed by atoms with Crippen LogP contribution in [0.2, 0.25) is 0 Å². The molecule has 0 saturated carbocycles. The molecule has 0 saturated heterocycles. The van der Waals surface area contributed by atoms with E-state index in [1.165, 1.54) is 70.1 Å². The van der Waals surface area contributed by atoms with Crippen LogP contribution in [-0.2, 0) is 66.0 Å². The van der Waals surface area contributed by atoms with Crippen molar-refractivity contribution in [1.29, 1.82) is 0 Å². The Hall–Kier alpha value is -5.33. The zero-order valence-corrected chi connectivity index (χ0v) is 78.3. The van der Waals surface area contributed by atoms with Gasteiger partial charge in [-0.2, -0.15) is 0 Å². The van der Waals surface area contributed by atoms with Crippen LogP contribution in [0.3, 0.4) is 0 Å². The highest BCUT2D eigenvalue weighted by Gasteiger charge is 2.25. The Morgan fingerprint density at radius 3 is 1.15 bits per heavy atom. The quantitative estimate of drug-likeness (QED) is 0.167. The lowest BCUT2D eigenvalue weighted by atomic mass is 9.87. The van der Waals surface area contributed by atoms with Gasteiger partial charge in [-0.15, -0.1) is 79.4 Å². The second kappa shape index (κ2) is 45.5. The van der Waals surface area contributed by atoms with Crippen molar-refractivity contribution in [1.82, 2.24) is 34.9 Å². The molecule has 0 N–H and O–H groups in total. The van der Waals surface area contributed by atoms with Crippen LogP contribution in [0.25, 0.3) is 0 Å². The average molecular weight is 1620 g/mol. The van der Waals surface area contributed by atoms with E-state index in [0.717, 1.165) is 22.9 Å². The fourth-order valence-electron chi connectivity index (χ4n) is 8.37. The molecule has 1 aliphatic heterocycles. The summed E-state index contributed by atoms with van der Waals surface area (Å²) in [5, 5.41) is 21.0. The fraction of sp³-hybridized carbons (Fsp3) is 0.581. The fourth-order valence-corrected chi connectivity index (χ4v) is 14.7. The van der Waals surface area contributed by atoms with Crippen LogP contribution in [0.1, 0.15) is 353 Å². The Morgan fingerprint density at radius 1 is 0.376 bits per heavy atom. The number of thiophene rings is 1. The van der Waals surface area contributed by atoms with E-state index < -0.39 is 0 Å². The van der Waals surface area contributed by atoms with Crippen molar-refractivity contribution < 1.29 is 9.47 Å². The van der Waals surface area contributed by atoms with Crippen molar-refractivity contribution in [2.24, 2.45) is 0 Å². The van der Waals surface area contributed by atoms with Gasteiger partial charge in [0, 0.05) is 93.7 Å². The number of rotatable bonds is 2. The molecular weight excluding hydrogens is 1470 g/mol. The van der Waals surface area contributed by atoms with Gasteiger partial charge in [-0.3, -0.25) is 4.98 Å². The highest BCUT2D eigenvalue weighted by molar-refractivity contribution is 7.11. The highest BCUT2D eigenvalue weighted by atomic mass is 32.1. The lowest BCUT2D eigenvalue weighted by Crippen LogP contribution is -2.15. The largest absolute Gasteiger partial charge is 0.454 e. The van der Waals surface area contributed by atoms with E-state index in [4.69, 9.17) is 9.47 Å². The molecule has 0 amide bonds. The molecule has 9 nitrogen and oxygen atoms in total. The summed E-state index contributed by atoms with van der Waals surface area (Å²) in [5.41, 5.74) is 14.4. The summed E-state index contributed by atoms with van der Waals surface area (Å²) in [6, 6.07) is 25.0. The summed E-state index contributed by atoms with van der Waals surface area (Å²) in [6.07, 6.45) is 6.63. The van der Waals surface area contributed by atoms with Gasteiger partial charge >= 0.3 is 0 Å². The van der Waals surface area contributed by atoms with E-state index in [-0.39, 0.29) is 71.0 Å². The number of pyridine rings is 1. The molecule has 109 heavy (non-hydrogen) atoms. The average Bonchev–Trinajstić information content (AvgIpc) is 1.79. The van der Waals surface area contributed by atoms with Gasteiger partial charge in [0.1, 0.15) is 0 Å². The molecular formula is C93H151N7O2S7. The lowest BCUT2D eigenvalue weighted by Gasteiger charge is -2.18. The van der Waals surface area contributed by atoms with Gasteiger partial charge in [0.2, 0.25) is 6.79 Å². The van der Waals surface area contributed by atoms with Gasteiger partial charge in [0.15, 0.2) is 11.5 Å². The molecule has 0 bridgehead atoms. The SMILES string of the molecule is C.C.C.CC(C)(C)c1ccc2c(c1)OCO2.CC(C)(C)c1ccccc1.CC(C)(C)c1cccnc1.CC(C)(C)c1cccs1.CC(C)(C)c1csc(C(C)(C)C)n1.CC(C)(C)c1cscn1.CC(C)(C)c1nccs1.CC(C)c1csc(C(C)(C)C)n1.CCc1nc(C(C)(C)C)cs1.Cc1nc(C(C)(C)C)cs1. The summed E-state index contributed by atoms with van der Waals surface area (Å²) >= 11 is 12.2. The molecule has 1 aliphatic rings. The third-order valence-corrected chi connectivity index (χ3v) is 23.0. The van der Waals surface area contributed by atoms with Crippen molar-refractivity contribution >= 4 is 79.4 Å². The van der Waals surface area contributed by atoms with Crippen LogP contribution >= 0.6 is 79.4 Å². The summed E-state index contributed by atoms with van der Waals surface area (Å²) in [7, 11) is 0. The van der Waals surface area contributed by atoms with Crippen LogP contribution in [0.5, 0.6) is 11.5 Å². The molecule has 0 unspecified atom stereocenters. The van der Waals surface area contributed by atoms with Gasteiger partial charge in [0.05, 0.1) is 59.0 Å². The minimum Gasteiger partial charge on any atom is -0.454 e. The zero-order chi connectivity index (χ0) is 81.3. The van der Waals surface area contributed by atoms with Crippen LogP contribution < -0.4 is 9.47 Å². The predicted octanol–water partition coefficient (Wildman–Crippen LogP) is 31.0. The minimum absolute atomic E-state index is 0. The molecule has 11 rings (SSSR count). The number of benzene rings is 2. The Labute approximate surface area is 696 Å². The summed E-state index contributed by atoms with van der Waals surface area (Å²) in [5.74, 6) is 2.28. The minimum atomic E-state index is 0. The van der Waals surface area contributed by atoms with Crippen LogP contribution in [0.4, 0.5) is 0 Å². The Morgan fingerprint density at radius 2 is 0.853 bits per heavy atom. The molecule has 2 aromatic carbocycles. The Bertz CT molecular complexity index is 3760. The van der Waals surface area contributed by atoms with E-state index in [2.05, 4.69) is 377 Å². The van der Waals surface area contributed by atoms with Gasteiger partial charge in [-0.05, 0) is 87.3 Å². The van der Waals surface area contributed by atoms with E-state index in [1.54, 1.807) is 74.2 Å². The molecule has 10 aromatic rings. The van der Waals surface area contributed by atoms with E-state index >= 15 is 0 Å². The van der Waals surface area contributed by atoms with Crippen molar-refractivity contribution in [3.05, 3.63) is 210 Å². The Kier molecular flexibility index (Phi) is 44.2. The third kappa shape index (κ3) is 41.3. The summed E-state index contributed by atoms with van der Waals surface area (Å²) in [4.78, 5) is 32.1. The number of fused-ring (bicyclic) bond motifs is 1. The first-order valence-corrected chi connectivity index (χ1v) is 43.5. The molecule has 0 atom stereocenters. The molecule has 612 valence electrons. The smallest absolute Gasteiger partial charge is 0.231 e. The second-order valence-corrected chi connectivity index (χ2v) is 44.4. The first kappa shape index (κ1) is 106. The van der Waals surface area contributed by atoms with E-state index in [1.807, 2.05) is 53.7 Å². The number of hydrogen-bond donors (Lipinski definition) is 0. The van der Waals surface area contributed by atoms with Crippen LogP contribution in [0, 0.1) is 6.92 Å². The maximum Gasteiger partial charge on any atom is 0.231 e. The molecule has 9 heterocycles. The van der Waals surface area contributed by atoms with Crippen molar-refractivity contribution in [3.8, 4) is 11.5 Å². The normalized spacial score (nSPS) is 12.1. The summed E-state index contributed by atoms with van der Waals surface area (Å²) < 4.78 is 10.6. The van der Waals surface area contributed by atoms with Crippen molar-refractivity contribution in [3.63, 3.8) is 0 Å².